The van der Waals surface area contributed by atoms with E-state index in [1.54, 1.807) is 18.2 Å². The average molecular weight is 346 g/mol. The van der Waals surface area contributed by atoms with Gasteiger partial charge in [0.2, 0.25) is 5.95 Å². The maximum absolute atomic E-state index is 12.5. The van der Waals surface area contributed by atoms with E-state index in [1.165, 1.54) is 0 Å². The summed E-state index contributed by atoms with van der Waals surface area (Å²) in [4.78, 5) is 25.8. The first-order chi connectivity index (χ1) is 11.5. The van der Waals surface area contributed by atoms with E-state index < -0.39 is 0 Å². The van der Waals surface area contributed by atoms with Crippen LogP contribution in [-0.2, 0) is 0 Å². The summed E-state index contributed by atoms with van der Waals surface area (Å²) in [5.74, 6) is 0.316. The third-order valence-electron chi connectivity index (χ3n) is 3.98. The lowest BCUT2D eigenvalue weighted by Gasteiger charge is -2.32. The number of nitrogens with one attached hydrogen (secondary N) is 1. The molecule has 1 fully saturated rings. The Hall–Kier alpha value is -2.18. The summed E-state index contributed by atoms with van der Waals surface area (Å²) in [6, 6.07) is 8.82. The molecular formula is C17H20ClN5O. The van der Waals surface area contributed by atoms with Gasteiger partial charge >= 0.3 is 0 Å². The number of nitrogens with zero attached hydrogens (tertiary/aromatic N) is 4. The molecule has 24 heavy (non-hydrogen) atoms. The smallest absolute Gasteiger partial charge is 0.274 e. The number of para-hydroxylation sites is 1. The van der Waals surface area contributed by atoms with Crippen LogP contribution in [0.25, 0.3) is 0 Å². The van der Waals surface area contributed by atoms with Crippen molar-refractivity contribution in [1.29, 1.82) is 0 Å². The highest BCUT2D eigenvalue weighted by atomic mass is 35.5. The minimum absolute atomic E-state index is 0.288. The summed E-state index contributed by atoms with van der Waals surface area (Å²) in [6.45, 7) is 5.49. The van der Waals surface area contributed by atoms with Crippen LogP contribution in [0.3, 0.4) is 0 Å². The largest absolute Gasteiger partial charge is 0.338 e. The van der Waals surface area contributed by atoms with Crippen LogP contribution < -0.4 is 10.2 Å². The highest BCUT2D eigenvalue weighted by molar-refractivity contribution is 6.33. The topological polar surface area (TPSA) is 61.4 Å². The minimum Gasteiger partial charge on any atom is -0.338 e. The first kappa shape index (κ1) is 16.7. The quantitative estimate of drug-likeness (QED) is 0.925. The SMILES string of the molecule is Cc1cc(C(=O)Nc2ccccc2Cl)nc(N2CCN(C)CC2)n1. The van der Waals surface area contributed by atoms with Crippen LogP contribution in [-0.4, -0.2) is 54.0 Å². The molecule has 0 bridgehead atoms. The summed E-state index contributed by atoms with van der Waals surface area (Å²) >= 11 is 6.09. The molecule has 0 unspecified atom stereocenters. The molecule has 2 aromatic rings. The number of anilines is 2. The number of carbonyl (C=O) groups excluding carboxylic acids is 1. The first-order valence-electron chi connectivity index (χ1n) is 7.88. The highest BCUT2D eigenvalue weighted by Crippen LogP contribution is 2.21. The van der Waals surface area contributed by atoms with Gasteiger partial charge in [0.25, 0.3) is 5.91 Å². The summed E-state index contributed by atoms with van der Waals surface area (Å²) in [6.07, 6.45) is 0. The third-order valence-corrected chi connectivity index (χ3v) is 4.31. The van der Waals surface area contributed by atoms with Crippen LogP contribution >= 0.6 is 11.6 Å². The standard InChI is InChI=1S/C17H20ClN5O/c1-12-11-15(16(24)20-14-6-4-3-5-13(14)18)21-17(19-12)23-9-7-22(2)8-10-23/h3-6,11H,7-10H2,1-2H3,(H,20,24). The van der Waals surface area contributed by atoms with Crippen LogP contribution in [0.5, 0.6) is 0 Å². The van der Waals surface area contributed by atoms with Crippen molar-refractivity contribution in [2.45, 2.75) is 6.92 Å². The molecule has 6 nitrogen and oxygen atoms in total. The molecule has 0 atom stereocenters. The molecule has 1 aliphatic heterocycles. The number of likely N-dealkylation sites (N-methyl/N-ethyl adjacent to an activating group) is 1. The van der Waals surface area contributed by atoms with Crippen molar-refractivity contribution in [3.8, 4) is 0 Å². The fourth-order valence-corrected chi connectivity index (χ4v) is 2.75. The number of hydrogen-bond acceptors (Lipinski definition) is 5. The Morgan fingerprint density at radius 1 is 1.17 bits per heavy atom. The Balaban J connectivity index is 1.80. The fraction of sp³-hybridized carbons (Fsp3) is 0.353. The average Bonchev–Trinajstić information content (AvgIpc) is 2.57. The summed E-state index contributed by atoms with van der Waals surface area (Å²) in [7, 11) is 2.09. The van der Waals surface area contributed by atoms with Crippen molar-refractivity contribution in [3.63, 3.8) is 0 Å². The molecule has 1 aromatic heterocycles. The molecule has 0 radical (unpaired) electrons. The molecular weight excluding hydrogens is 326 g/mol. The van der Waals surface area contributed by atoms with E-state index in [0.29, 0.717) is 22.4 Å². The molecule has 0 spiro atoms. The summed E-state index contributed by atoms with van der Waals surface area (Å²) in [5, 5.41) is 3.30. The zero-order chi connectivity index (χ0) is 17.1. The van der Waals surface area contributed by atoms with E-state index >= 15 is 0 Å². The van der Waals surface area contributed by atoms with Crippen LogP contribution in [0, 0.1) is 6.92 Å². The van der Waals surface area contributed by atoms with Crippen molar-refractivity contribution >= 4 is 29.1 Å². The molecule has 126 valence electrons. The van der Waals surface area contributed by atoms with E-state index in [0.717, 1.165) is 31.9 Å². The zero-order valence-electron chi connectivity index (χ0n) is 13.8. The number of aromatic nitrogens is 2. The maximum Gasteiger partial charge on any atom is 0.274 e. The highest BCUT2D eigenvalue weighted by Gasteiger charge is 2.19. The fourth-order valence-electron chi connectivity index (χ4n) is 2.57. The molecule has 1 amide bonds. The Labute approximate surface area is 146 Å². The van der Waals surface area contributed by atoms with Crippen molar-refractivity contribution in [2.75, 3.05) is 43.4 Å². The third kappa shape index (κ3) is 3.83. The molecule has 3 rings (SSSR count). The monoisotopic (exact) mass is 345 g/mol. The number of piperazine rings is 1. The van der Waals surface area contributed by atoms with Gasteiger partial charge in [-0.1, -0.05) is 23.7 Å². The van der Waals surface area contributed by atoms with Gasteiger partial charge in [-0.2, -0.15) is 0 Å². The predicted octanol–water partition coefficient (Wildman–Crippen LogP) is 2.44. The normalized spacial score (nSPS) is 15.4. The van der Waals surface area contributed by atoms with Gasteiger partial charge in [-0.15, -0.1) is 0 Å². The van der Waals surface area contributed by atoms with Gasteiger partial charge in [0.15, 0.2) is 0 Å². The second-order valence-electron chi connectivity index (χ2n) is 5.92. The van der Waals surface area contributed by atoms with E-state index in [1.807, 2.05) is 19.1 Å². The second-order valence-corrected chi connectivity index (χ2v) is 6.33. The molecule has 0 aliphatic carbocycles. The van der Waals surface area contributed by atoms with Gasteiger partial charge in [0, 0.05) is 31.9 Å². The van der Waals surface area contributed by atoms with Crippen LogP contribution in [0.4, 0.5) is 11.6 Å². The van der Waals surface area contributed by atoms with E-state index in [9.17, 15) is 4.79 Å². The van der Waals surface area contributed by atoms with Gasteiger partial charge in [-0.25, -0.2) is 9.97 Å². The van der Waals surface area contributed by atoms with Crippen LogP contribution in [0.15, 0.2) is 30.3 Å². The molecule has 1 aliphatic rings. The van der Waals surface area contributed by atoms with E-state index in [2.05, 4.69) is 32.1 Å². The second kappa shape index (κ2) is 7.15. The number of carbonyl (C=O) groups is 1. The molecule has 2 heterocycles. The Morgan fingerprint density at radius 2 is 1.88 bits per heavy atom. The van der Waals surface area contributed by atoms with Crippen molar-refractivity contribution in [2.24, 2.45) is 0 Å². The summed E-state index contributed by atoms with van der Waals surface area (Å²) in [5.41, 5.74) is 1.68. The lowest BCUT2D eigenvalue weighted by molar-refractivity contribution is 0.102. The zero-order valence-corrected chi connectivity index (χ0v) is 14.5. The van der Waals surface area contributed by atoms with Gasteiger partial charge in [-0.3, -0.25) is 4.79 Å². The number of hydrogen-bond donors (Lipinski definition) is 1. The predicted molar refractivity (Wildman–Crippen MR) is 95.9 cm³/mol. The minimum atomic E-state index is -0.288. The lowest BCUT2D eigenvalue weighted by atomic mass is 10.2. The lowest BCUT2D eigenvalue weighted by Crippen LogP contribution is -2.45. The van der Waals surface area contributed by atoms with Crippen LogP contribution in [0.2, 0.25) is 5.02 Å². The number of amides is 1. The van der Waals surface area contributed by atoms with Gasteiger partial charge < -0.3 is 15.1 Å². The first-order valence-corrected chi connectivity index (χ1v) is 8.26. The maximum atomic E-state index is 12.5. The molecule has 1 aromatic carbocycles. The van der Waals surface area contributed by atoms with Gasteiger partial charge in [0.1, 0.15) is 5.69 Å². The number of halogens is 1. The number of benzene rings is 1. The molecule has 1 N–H and O–H groups in total. The van der Waals surface area contributed by atoms with Crippen molar-refractivity contribution in [1.82, 2.24) is 14.9 Å². The van der Waals surface area contributed by atoms with Crippen molar-refractivity contribution < 1.29 is 4.79 Å². The van der Waals surface area contributed by atoms with E-state index in [-0.39, 0.29) is 5.91 Å². The Bertz CT molecular complexity index is 744. The molecule has 1 saturated heterocycles. The Morgan fingerprint density at radius 3 is 2.58 bits per heavy atom. The van der Waals surface area contributed by atoms with Gasteiger partial charge in [0.05, 0.1) is 10.7 Å². The number of aryl methyl sites for hydroxylation is 1. The number of rotatable bonds is 3. The van der Waals surface area contributed by atoms with E-state index in [4.69, 9.17) is 11.6 Å². The Kier molecular flexibility index (Phi) is 4.97. The summed E-state index contributed by atoms with van der Waals surface area (Å²) < 4.78 is 0. The molecule has 0 saturated carbocycles. The van der Waals surface area contributed by atoms with Crippen LogP contribution in [0.1, 0.15) is 16.2 Å². The van der Waals surface area contributed by atoms with Crippen molar-refractivity contribution in [3.05, 3.63) is 46.7 Å². The molecule has 7 heteroatoms. The van der Waals surface area contributed by atoms with Gasteiger partial charge in [-0.05, 0) is 32.2 Å².